The van der Waals surface area contributed by atoms with Crippen molar-refractivity contribution < 1.29 is 9.84 Å². The van der Waals surface area contributed by atoms with Crippen LogP contribution in [-0.2, 0) is 4.74 Å². The van der Waals surface area contributed by atoms with E-state index in [0.717, 1.165) is 32.5 Å². The van der Waals surface area contributed by atoms with Crippen molar-refractivity contribution in [3.05, 3.63) is 0 Å². The summed E-state index contributed by atoms with van der Waals surface area (Å²) in [6.07, 6.45) is 2.94. The summed E-state index contributed by atoms with van der Waals surface area (Å²) in [6, 6.07) is 1.10. The fraction of sp³-hybridized carbons (Fsp3) is 1.00. The first kappa shape index (κ1) is 7.53. The molecule has 1 atom stereocenters. The molecule has 1 saturated heterocycles. The van der Waals surface area contributed by atoms with Gasteiger partial charge in [0.15, 0.2) is 0 Å². The maximum Gasteiger partial charge on any atom is 0.0620 e. The molecule has 3 nitrogen and oxygen atoms in total. The first-order valence-corrected chi connectivity index (χ1v) is 4.36. The van der Waals surface area contributed by atoms with Crippen LogP contribution in [-0.4, -0.2) is 36.5 Å². The molecule has 0 spiro atoms. The zero-order chi connectivity index (χ0) is 7.68. The van der Waals surface area contributed by atoms with Gasteiger partial charge in [0, 0.05) is 18.7 Å². The molecular formula is C8H15NO2. The Morgan fingerprint density at radius 1 is 1.27 bits per heavy atom. The lowest BCUT2D eigenvalue weighted by atomic mass is 9.89. The van der Waals surface area contributed by atoms with Crippen LogP contribution in [0.3, 0.4) is 0 Å². The summed E-state index contributed by atoms with van der Waals surface area (Å²) in [6.45, 7) is 1.75. The maximum atomic E-state index is 9.02. The molecule has 0 aromatic rings. The van der Waals surface area contributed by atoms with Gasteiger partial charge in [0.2, 0.25) is 0 Å². The van der Waals surface area contributed by atoms with Gasteiger partial charge in [-0.1, -0.05) is 0 Å². The Bertz CT molecular complexity index is 128. The van der Waals surface area contributed by atoms with Crippen LogP contribution in [0.25, 0.3) is 0 Å². The average molecular weight is 157 g/mol. The second-order valence-corrected chi connectivity index (χ2v) is 3.55. The number of aliphatic hydroxyl groups excluding tert-OH is 1. The van der Waals surface area contributed by atoms with E-state index in [0.29, 0.717) is 12.1 Å². The van der Waals surface area contributed by atoms with Crippen LogP contribution in [0.4, 0.5) is 0 Å². The smallest absolute Gasteiger partial charge is 0.0620 e. The molecule has 3 heteroatoms. The molecule has 2 fully saturated rings. The van der Waals surface area contributed by atoms with Crippen LogP contribution in [0.1, 0.15) is 19.3 Å². The normalized spacial score (nSPS) is 43.9. The zero-order valence-corrected chi connectivity index (χ0v) is 6.62. The first-order valence-electron chi connectivity index (χ1n) is 4.36. The highest BCUT2D eigenvalue weighted by molar-refractivity contribution is 4.87. The fourth-order valence-electron chi connectivity index (χ4n) is 1.72. The van der Waals surface area contributed by atoms with Crippen molar-refractivity contribution in [3.63, 3.8) is 0 Å². The molecule has 1 unspecified atom stereocenters. The Labute approximate surface area is 66.7 Å². The number of aliphatic hydroxyl groups is 1. The van der Waals surface area contributed by atoms with Crippen molar-refractivity contribution in [1.82, 2.24) is 5.32 Å². The van der Waals surface area contributed by atoms with Crippen molar-refractivity contribution in [2.45, 2.75) is 37.5 Å². The van der Waals surface area contributed by atoms with Gasteiger partial charge in [0.25, 0.3) is 0 Å². The van der Waals surface area contributed by atoms with E-state index >= 15 is 0 Å². The second kappa shape index (κ2) is 3.09. The topological polar surface area (TPSA) is 41.5 Å². The molecule has 11 heavy (non-hydrogen) atoms. The van der Waals surface area contributed by atoms with Crippen molar-refractivity contribution in [3.8, 4) is 0 Å². The van der Waals surface area contributed by atoms with E-state index in [4.69, 9.17) is 9.84 Å². The average Bonchev–Trinajstić information content (AvgIpc) is 2.36. The highest BCUT2D eigenvalue weighted by atomic mass is 16.5. The maximum absolute atomic E-state index is 9.02. The standard InChI is InChI=1S/C8H15NO2/c10-8-3-7(4-8)9-6-1-2-11-5-6/h6-10H,1-5H2. The summed E-state index contributed by atoms with van der Waals surface area (Å²) >= 11 is 0. The molecule has 2 rings (SSSR count). The van der Waals surface area contributed by atoms with Gasteiger partial charge in [-0.15, -0.1) is 0 Å². The van der Waals surface area contributed by atoms with Crippen molar-refractivity contribution >= 4 is 0 Å². The number of hydrogen-bond acceptors (Lipinski definition) is 3. The first-order chi connectivity index (χ1) is 5.34. The summed E-state index contributed by atoms with van der Waals surface area (Å²) in [5.41, 5.74) is 0. The van der Waals surface area contributed by atoms with Crippen molar-refractivity contribution in [1.29, 1.82) is 0 Å². The van der Waals surface area contributed by atoms with E-state index in [9.17, 15) is 0 Å². The highest BCUT2D eigenvalue weighted by Crippen LogP contribution is 2.21. The quantitative estimate of drug-likeness (QED) is 0.587. The predicted molar refractivity (Wildman–Crippen MR) is 41.4 cm³/mol. The highest BCUT2D eigenvalue weighted by Gasteiger charge is 2.29. The van der Waals surface area contributed by atoms with Gasteiger partial charge in [-0.3, -0.25) is 0 Å². The Morgan fingerprint density at radius 2 is 2.09 bits per heavy atom. The SMILES string of the molecule is OC1CC(NC2CCOC2)C1. The Hall–Kier alpha value is -0.120. The lowest BCUT2D eigenvalue weighted by molar-refractivity contribution is 0.0566. The van der Waals surface area contributed by atoms with Gasteiger partial charge in [-0.05, 0) is 19.3 Å². The van der Waals surface area contributed by atoms with Gasteiger partial charge < -0.3 is 15.2 Å². The van der Waals surface area contributed by atoms with Crippen LogP contribution in [0.15, 0.2) is 0 Å². The van der Waals surface area contributed by atoms with Gasteiger partial charge in [0.1, 0.15) is 0 Å². The zero-order valence-electron chi connectivity index (χ0n) is 6.62. The van der Waals surface area contributed by atoms with E-state index in [2.05, 4.69) is 5.32 Å². The van der Waals surface area contributed by atoms with E-state index in [1.165, 1.54) is 0 Å². The van der Waals surface area contributed by atoms with E-state index in [1.54, 1.807) is 0 Å². The summed E-state index contributed by atoms with van der Waals surface area (Å²) in [5.74, 6) is 0. The molecule has 0 radical (unpaired) electrons. The second-order valence-electron chi connectivity index (χ2n) is 3.55. The molecule has 1 aliphatic carbocycles. The van der Waals surface area contributed by atoms with Gasteiger partial charge in [0.05, 0.1) is 12.7 Å². The third-order valence-corrected chi connectivity index (χ3v) is 2.51. The van der Waals surface area contributed by atoms with Crippen LogP contribution in [0.5, 0.6) is 0 Å². The van der Waals surface area contributed by atoms with Crippen molar-refractivity contribution in [2.75, 3.05) is 13.2 Å². The Balaban J connectivity index is 1.66. The summed E-state index contributed by atoms with van der Waals surface area (Å²) in [7, 11) is 0. The minimum Gasteiger partial charge on any atom is -0.393 e. The summed E-state index contributed by atoms with van der Waals surface area (Å²) in [4.78, 5) is 0. The minimum atomic E-state index is -0.0465. The molecule has 1 heterocycles. The van der Waals surface area contributed by atoms with Crippen molar-refractivity contribution in [2.24, 2.45) is 0 Å². The Kier molecular flexibility index (Phi) is 2.11. The van der Waals surface area contributed by atoms with Crippen LogP contribution in [0, 0.1) is 0 Å². The van der Waals surface area contributed by atoms with Crippen LogP contribution in [0.2, 0.25) is 0 Å². The monoisotopic (exact) mass is 157 g/mol. The molecule has 2 aliphatic rings. The molecule has 1 aliphatic heterocycles. The third kappa shape index (κ3) is 1.72. The van der Waals surface area contributed by atoms with Crippen LogP contribution >= 0.6 is 0 Å². The van der Waals surface area contributed by atoms with Gasteiger partial charge >= 0.3 is 0 Å². The molecule has 0 aromatic heterocycles. The minimum absolute atomic E-state index is 0.0465. The van der Waals surface area contributed by atoms with Gasteiger partial charge in [-0.25, -0.2) is 0 Å². The largest absolute Gasteiger partial charge is 0.393 e. The lowest BCUT2D eigenvalue weighted by Crippen LogP contribution is -2.48. The fourth-order valence-corrected chi connectivity index (χ4v) is 1.72. The van der Waals surface area contributed by atoms with E-state index < -0.39 is 0 Å². The predicted octanol–water partition coefficient (Wildman–Crippen LogP) is -0.112. The van der Waals surface area contributed by atoms with Crippen LogP contribution < -0.4 is 5.32 Å². The summed E-state index contributed by atoms with van der Waals surface area (Å²) in [5, 5.41) is 12.5. The summed E-state index contributed by atoms with van der Waals surface area (Å²) < 4.78 is 5.23. The molecule has 2 N–H and O–H groups in total. The molecule has 0 aromatic carbocycles. The Morgan fingerprint density at radius 3 is 2.64 bits per heavy atom. The van der Waals surface area contributed by atoms with Gasteiger partial charge in [-0.2, -0.15) is 0 Å². The molecule has 64 valence electrons. The molecular weight excluding hydrogens is 142 g/mol. The number of ether oxygens (including phenoxy) is 1. The molecule has 0 bridgehead atoms. The van der Waals surface area contributed by atoms with E-state index in [-0.39, 0.29) is 6.10 Å². The third-order valence-electron chi connectivity index (χ3n) is 2.51. The number of rotatable bonds is 2. The number of nitrogens with one attached hydrogen (secondary N) is 1. The lowest BCUT2D eigenvalue weighted by Gasteiger charge is -2.34. The molecule has 1 saturated carbocycles. The van der Waals surface area contributed by atoms with E-state index in [1.807, 2.05) is 0 Å². The molecule has 0 amide bonds. The number of hydrogen-bond donors (Lipinski definition) is 2.